The van der Waals surface area contributed by atoms with Gasteiger partial charge in [0.15, 0.2) is 0 Å². The maximum atomic E-state index is 12.2. The van der Waals surface area contributed by atoms with Crippen LogP contribution in [-0.4, -0.2) is 45.6 Å². The van der Waals surface area contributed by atoms with Crippen molar-refractivity contribution >= 4 is 21.4 Å². The Balaban J connectivity index is 2.32. The van der Waals surface area contributed by atoms with Crippen molar-refractivity contribution in [1.82, 2.24) is 4.31 Å². The Hall–Kier alpha value is -1.31. The normalized spacial score (nSPS) is 18.7. The predicted octanol–water partition coefficient (Wildman–Crippen LogP) is 1.50. The van der Waals surface area contributed by atoms with Crippen LogP contribution in [-0.2, 0) is 14.8 Å². The molecule has 3 N–H and O–H groups in total. The molecule has 1 heterocycles. The minimum absolute atomic E-state index is 0.132. The van der Waals surface area contributed by atoms with Gasteiger partial charge < -0.3 is 15.8 Å². The van der Waals surface area contributed by atoms with Crippen molar-refractivity contribution in [3.8, 4) is 0 Å². The number of nitrogens with zero attached hydrogens (tertiary/aromatic N) is 1. The van der Waals surface area contributed by atoms with Crippen molar-refractivity contribution in [2.45, 2.75) is 30.2 Å². The van der Waals surface area contributed by atoms with Gasteiger partial charge in [-0.2, -0.15) is 0 Å². The third kappa shape index (κ3) is 3.48. The number of sulfonamides is 1. The molecule has 1 saturated heterocycles. The Morgan fingerprint density at radius 2 is 1.90 bits per heavy atom. The van der Waals surface area contributed by atoms with E-state index in [1.807, 2.05) is 0 Å². The van der Waals surface area contributed by atoms with Gasteiger partial charge in [-0.25, -0.2) is 12.7 Å². The molecule has 1 aromatic rings. The summed E-state index contributed by atoms with van der Waals surface area (Å²) in [6.45, 7) is 3.49. The highest BCUT2D eigenvalue weighted by molar-refractivity contribution is 7.89. The lowest BCUT2D eigenvalue weighted by Crippen LogP contribution is -2.40. The highest BCUT2D eigenvalue weighted by Crippen LogP contribution is 2.30. The summed E-state index contributed by atoms with van der Waals surface area (Å²) in [5.41, 5.74) is 7.05. The molecular formula is C14H23N3O3S. The van der Waals surface area contributed by atoms with Crippen LogP contribution in [0.3, 0.4) is 0 Å². The number of nitrogen functional groups attached to an aromatic ring is 1. The lowest BCUT2D eigenvalue weighted by atomic mass is 9.92. The van der Waals surface area contributed by atoms with Gasteiger partial charge in [0.2, 0.25) is 10.0 Å². The molecule has 0 bridgehead atoms. The van der Waals surface area contributed by atoms with E-state index in [4.69, 9.17) is 10.5 Å². The molecule has 1 aromatic carbocycles. The summed E-state index contributed by atoms with van der Waals surface area (Å²) in [6.07, 6.45) is 1.72. The number of nitrogens with two attached hydrogens (primary N) is 1. The Bertz CT molecular complexity index is 608. The van der Waals surface area contributed by atoms with Gasteiger partial charge in [-0.3, -0.25) is 0 Å². The first-order valence-corrected chi connectivity index (χ1v) is 8.37. The number of benzene rings is 1. The first-order chi connectivity index (χ1) is 9.74. The zero-order chi connectivity index (χ0) is 15.7. The fourth-order valence-electron chi connectivity index (χ4n) is 2.29. The molecule has 1 fully saturated rings. The SMILES string of the molecule is CN(C)S(=O)(=O)c1ccc(N)c(NC2(C)CCOCC2)c1. The molecule has 7 heteroatoms. The molecule has 6 nitrogen and oxygen atoms in total. The molecule has 0 atom stereocenters. The lowest BCUT2D eigenvalue weighted by molar-refractivity contribution is 0.0658. The lowest BCUT2D eigenvalue weighted by Gasteiger charge is -2.36. The molecule has 0 aromatic heterocycles. The van der Waals surface area contributed by atoms with Crippen LogP contribution in [0.4, 0.5) is 11.4 Å². The van der Waals surface area contributed by atoms with Crippen molar-refractivity contribution in [1.29, 1.82) is 0 Å². The first kappa shape index (κ1) is 16.1. The molecule has 0 spiro atoms. The van der Waals surface area contributed by atoms with Crippen molar-refractivity contribution in [3.05, 3.63) is 18.2 Å². The van der Waals surface area contributed by atoms with Crippen LogP contribution in [0.15, 0.2) is 23.1 Å². The second-order valence-corrected chi connectivity index (χ2v) is 7.99. The highest BCUT2D eigenvalue weighted by atomic mass is 32.2. The van der Waals surface area contributed by atoms with Gasteiger partial charge in [-0.05, 0) is 38.0 Å². The van der Waals surface area contributed by atoms with E-state index in [1.54, 1.807) is 12.1 Å². The van der Waals surface area contributed by atoms with E-state index in [9.17, 15) is 8.42 Å². The third-order valence-corrected chi connectivity index (χ3v) is 5.65. The molecular weight excluding hydrogens is 290 g/mol. The number of anilines is 2. The molecule has 2 rings (SSSR count). The van der Waals surface area contributed by atoms with Gasteiger partial charge in [0.25, 0.3) is 0 Å². The zero-order valence-corrected chi connectivity index (χ0v) is 13.5. The maximum Gasteiger partial charge on any atom is 0.242 e. The van der Waals surface area contributed by atoms with Crippen molar-refractivity contribution < 1.29 is 13.2 Å². The minimum atomic E-state index is -3.46. The molecule has 0 amide bonds. The Morgan fingerprint density at radius 3 is 2.48 bits per heavy atom. The summed E-state index contributed by atoms with van der Waals surface area (Å²) in [4.78, 5) is 0.236. The Morgan fingerprint density at radius 1 is 1.29 bits per heavy atom. The van der Waals surface area contributed by atoms with E-state index in [1.165, 1.54) is 24.5 Å². The van der Waals surface area contributed by atoms with Crippen LogP contribution in [0, 0.1) is 0 Å². The summed E-state index contributed by atoms with van der Waals surface area (Å²) >= 11 is 0. The maximum absolute atomic E-state index is 12.2. The highest BCUT2D eigenvalue weighted by Gasteiger charge is 2.28. The van der Waals surface area contributed by atoms with E-state index in [0.717, 1.165) is 12.8 Å². The van der Waals surface area contributed by atoms with Crippen LogP contribution in [0.25, 0.3) is 0 Å². The molecule has 118 valence electrons. The summed E-state index contributed by atoms with van der Waals surface area (Å²) in [6, 6.07) is 4.76. The fourth-order valence-corrected chi connectivity index (χ4v) is 3.22. The van der Waals surface area contributed by atoms with Gasteiger partial charge in [0.1, 0.15) is 0 Å². The second-order valence-electron chi connectivity index (χ2n) is 5.83. The van der Waals surface area contributed by atoms with E-state index in [2.05, 4.69) is 12.2 Å². The molecule has 0 radical (unpaired) electrons. The molecule has 0 aliphatic carbocycles. The molecule has 21 heavy (non-hydrogen) atoms. The van der Waals surface area contributed by atoms with E-state index < -0.39 is 10.0 Å². The molecule has 0 unspecified atom stereocenters. The Labute approximate surface area is 126 Å². The van der Waals surface area contributed by atoms with Crippen molar-refractivity contribution in [2.75, 3.05) is 38.4 Å². The number of nitrogens with one attached hydrogen (secondary N) is 1. The van der Waals surface area contributed by atoms with Crippen LogP contribution < -0.4 is 11.1 Å². The van der Waals surface area contributed by atoms with E-state index in [-0.39, 0.29) is 10.4 Å². The second kappa shape index (κ2) is 5.82. The van der Waals surface area contributed by atoms with Gasteiger partial charge in [-0.1, -0.05) is 0 Å². The van der Waals surface area contributed by atoms with Gasteiger partial charge in [0, 0.05) is 32.8 Å². The number of rotatable bonds is 4. The Kier molecular flexibility index (Phi) is 4.46. The van der Waals surface area contributed by atoms with Crippen molar-refractivity contribution in [3.63, 3.8) is 0 Å². The summed E-state index contributed by atoms with van der Waals surface area (Å²) in [5, 5.41) is 3.39. The average molecular weight is 313 g/mol. The average Bonchev–Trinajstić information content (AvgIpc) is 2.41. The van der Waals surface area contributed by atoms with Gasteiger partial charge in [0.05, 0.1) is 16.3 Å². The zero-order valence-electron chi connectivity index (χ0n) is 12.7. The first-order valence-electron chi connectivity index (χ1n) is 6.93. The molecule has 1 aliphatic heterocycles. The standard InChI is InChI=1S/C14H23N3O3S/c1-14(6-8-20-9-7-14)16-13-10-11(4-5-12(13)15)21(18,19)17(2)3/h4-5,10,16H,6-9,15H2,1-3H3. The molecule has 0 saturated carbocycles. The van der Waals surface area contributed by atoms with Crippen LogP contribution in [0.2, 0.25) is 0 Å². The predicted molar refractivity (Wildman–Crippen MR) is 83.8 cm³/mol. The van der Waals surface area contributed by atoms with Gasteiger partial charge in [-0.15, -0.1) is 0 Å². The fraction of sp³-hybridized carbons (Fsp3) is 0.571. The van der Waals surface area contributed by atoms with E-state index >= 15 is 0 Å². The number of hydrogen-bond acceptors (Lipinski definition) is 5. The summed E-state index contributed by atoms with van der Waals surface area (Å²) < 4.78 is 31.0. The van der Waals surface area contributed by atoms with Gasteiger partial charge >= 0.3 is 0 Å². The van der Waals surface area contributed by atoms with E-state index in [0.29, 0.717) is 24.6 Å². The topological polar surface area (TPSA) is 84.7 Å². The number of ether oxygens (including phenoxy) is 1. The third-order valence-electron chi connectivity index (χ3n) is 3.84. The smallest absolute Gasteiger partial charge is 0.242 e. The van der Waals surface area contributed by atoms with Crippen LogP contribution in [0.5, 0.6) is 0 Å². The molecule has 1 aliphatic rings. The summed E-state index contributed by atoms with van der Waals surface area (Å²) in [5.74, 6) is 0. The minimum Gasteiger partial charge on any atom is -0.397 e. The monoisotopic (exact) mass is 313 g/mol. The number of hydrogen-bond donors (Lipinski definition) is 2. The van der Waals surface area contributed by atoms with Crippen molar-refractivity contribution in [2.24, 2.45) is 0 Å². The summed E-state index contributed by atoms with van der Waals surface area (Å²) in [7, 11) is -0.439. The van der Waals surface area contributed by atoms with Crippen LogP contribution in [0.1, 0.15) is 19.8 Å². The van der Waals surface area contributed by atoms with Crippen LogP contribution >= 0.6 is 0 Å². The largest absolute Gasteiger partial charge is 0.397 e. The quantitative estimate of drug-likeness (QED) is 0.823.